The van der Waals surface area contributed by atoms with Crippen molar-refractivity contribution >= 4 is 23.3 Å². The summed E-state index contributed by atoms with van der Waals surface area (Å²) < 4.78 is 22.3. The normalized spacial score (nSPS) is 22.3. The summed E-state index contributed by atoms with van der Waals surface area (Å²) in [5.74, 6) is 1.65. The Morgan fingerprint density at radius 2 is 1.71 bits per heavy atom. The second-order valence-corrected chi connectivity index (χ2v) is 8.92. The first-order chi connectivity index (χ1) is 16.8. The molecule has 0 aromatic heterocycles. The molecule has 0 saturated carbocycles. The molecule has 0 unspecified atom stereocenters. The number of carbonyl (C=O) groups is 2. The molecule has 35 heavy (non-hydrogen) atoms. The van der Waals surface area contributed by atoms with Crippen molar-refractivity contribution in [2.75, 3.05) is 51.3 Å². The highest BCUT2D eigenvalue weighted by atomic mass is 16.7. The fourth-order valence-electron chi connectivity index (χ4n) is 4.00. The summed E-state index contributed by atoms with van der Waals surface area (Å²) in [6, 6.07) is 9.78. The predicted octanol–water partition coefficient (Wildman–Crippen LogP) is 3.15. The van der Waals surface area contributed by atoms with Crippen LogP contribution in [0.4, 0.5) is 16.2 Å². The minimum Gasteiger partial charge on any atom is -0.491 e. The minimum atomic E-state index is -0.438. The number of methoxy groups -OCH3 is 1. The van der Waals surface area contributed by atoms with Crippen molar-refractivity contribution in [1.29, 1.82) is 0 Å². The molecular formula is C25H32N4O6. The summed E-state index contributed by atoms with van der Waals surface area (Å²) in [5.41, 5.74) is 1.48. The van der Waals surface area contributed by atoms with Crippen LogP contribution in [0.15, 0.2) is 36.4 Å². The fourth-order valence-corrected chi connectivity index (χ4v) is 4.00. The molecule has 10 nitrogen and oxygen atoms in total. The molecule has 2 aromatic rings. The van der Waals surface area contributed by atoms with Gasteiger partial charge in [0.15, 0.2) is 11.5 Å². The van der Waals surface area contributed by atoms with Crippen molar-refractivity contribution in [2.45, 2.75) is 26.0 Å². The Balaban J connectivity index is 1.50. The van der Waals surface area contributed by atoms with E-state index in [0.717, 1.165) is 6.54 Å². The van der Waals surface area contributed by atoms with Gasteiger partial charge in [-0.05, 0) is 37.1 Å². The molecule has 2 aliphatic heterocycles. The molecule has 2 heterocycles. The van der Waals surface area contributed by atoms with E-state index in [1.54, 1.807) is 55.5 Å². The quantitative estimate of drug-likeness (QED) is 0.614. The average molecular weight is 485 g/mol. The van der Waals surface area contributed by atoms with Gasteiger partial charge in [-0.2, -0.15) is 0 Å². The molecule has 0 radical (unpaired) electrons. The molecule has 0 fully saturated rings. The Labute approximate surface area is 204 Å². The van der Waals surface area contributed by atoms with Crippen LogP contribution in [0.2, 0.25) is 0 Å². The summed E-state index contributed by atoms with van der Waals surface area (Å²) in [7, 11) is 3.41. The van der Waals surface area contributed by atoms with Gasteiger partial charge in [0.2, 0.25) is 6.79 Å². The van der Waals surface area contributed by atoms with Gasteiger partial charge in [-0.1, -0.05) is 6.92 Å². The minimum absolute atomic E-state index is 0.0565. The van der Waals surface area contributed by atoms with Gasteiger partial charge in [-0.15, -0.1) is 0 Å². The van der Waals surface area contributed by atoms with E-state index in [4.69, 9.17) is 18.9 Å². The molecule has 2 aliphatic rings. The number of hydrogen-bond donors (Lipinski definition) is 3. The maximum atomic E-state index is 13.2. The van der Waals surface area contributed by atoms with Crippen molar-refractivity contribution in [3.05, 3.63) is 42.0 Å². The molecule has 0 saturated heterocycles. The lowest BCUT2D eigenvalue weighted by Gasteiger charge is -2.30. The van der Waals surface area contributed by atoms with Crippen LogP contribution < -0.4 is 30.2 Å². The molecule has 3 atom stereocenters. The number of carbonyl (C=O) groups excluding carboxylic acids is 2. The number of likely N-dealkylation sites (N-methyl/N-ethyl adjacent to an activating group) is 1. The Kier molecular flexibility index (Phi) is 7.62. The van der Waals surface area contributed by atoms with Crippen LogP contribution in [0.5, 0.6) is 17.2 Å². The number of nitrogens with one attached hydrogen (secondary N) is 3. The lowest BCUT2D eigenvalue weighted by Crippen LogP contribution is -2.44. The van der Waals surface area contributed by atoms with E-state index < -0.39 is 6.03 Å². The second kappa shape index (κ2) is 10.8. The Hall–Kier alpha value is -3.50. The highest BCUT2D eigenvalue weighted by Gasteiger charge is 2.25. The second-order valence-electron chi connectivity index (χ2n) is 8.92. The largest absolute Gasteiger partial charge is 0.491 e. The van der Waals surface area contributed by atoms with Gasteiger partial charge in [0.05, 0.1) is 11.7 Å². The number of amides is 3. The van der Waals surface area contributed by atoms with Crippen LogP contribution in [0.1, 0.15) is 24.2 Å². The number of fused-ring (bicyclic) bond motifs is 2. The van der Waals surface area contributed by atoms with Crippen molar-refractivity contribution in [2.24, 2.45) is 5.92 Å². The Bertz CT molecular complexity index is 1080. The van der Waals surface area contributed by atoms with Crippen molar-refractivity contribution in [3.63, 3.8) is 0 Å². The van der Waals surface area contributed by atoms with E-state index in [9.17, 15) is 9.59 Å². The van der Waals surface area contributed by atoms with Crippen molar-refractivity contribution in [3.8, 4) is 17.2 Å². The maximum absolute atomic E-state index is 13.2. The third kappa shape index (κ3) is 5.95. The van der Waals surface area contributed by atoms with Crippen LogP contribution in [-0.4, -0.2) is 69.6 Å². The highest BCUT2D eigenvalue weighted by Crippen LogP contribution is 2.34. The fraction of sp³-hybridized carbons (Fsp3) is 0.440. The third-order valence-electron chi connectivity index (χ3n) is 6.12. The highest BCUT2D eigenvalue weighted by molar-refractivity contribution is 6.01. The summed E-state index contributed by atoms with van der Waals surface area (Å²) in [6.07, 6.45) is -0.103. The molecule has 3 N–H and O–H groups in total. The first-order valence-electron chi connectivity index (χ1n) is 11.6. The van der Waals surface area contributed by atoms with Gasteiger partial charge in [0.25, 0.3) is 5.91 Å². The number of benzene rings is 2. The third-order valence-corrected chi connectivity index (χ3v) is 6.12. The number of anilines is 2. The van der Waals surface area contributed by atoms with Crippen LogP contribution in [-0.2, 0) is 4.74 Å². The molecule has 3 amide bonds. The summed E-state index contributed by atoms with van der Waals surface area (Å²) in [6.45, 7) is 5.83. The van der Waals surface area contributed by atoms with Crippen LogP contribution >= 0.6 is 0 Å². The Morgan fingerprint density at radius 3 is 2.46 bits per heavy atom. The average Bonchev–Trinajstić information content (AvgIpc) is 3.31. The first-order valence-corrected chi connectivity index (χ1v) is 11.6. The summed E-state index contributed by atoms with van der Waals surface area (Å²) in [4.78, 5) is 27.5. The number of urea groups is 1. The molecule has 2 aromatic carbocycles. The Morgan fingerprint density at radius 1 is 1.03 bits per heavy atom. The SMILES string of the molecule is CO[C@@H]1CN(C)C(=O)c2ccc(NC(=O)Nc3ccc4c(c3)OCO4)cc2OC[C@H](C)NC[C@@H]1C. The van der Waals surface area contributed by atoms with Crippen LogP contribution in [0, 0.1) is 5.92 Å². The monoisotopic (exact) mass is 484 g/mol. The molecule has 0 spiro atoms. The van der Waals surface area contributed by atoms with Crippen molar-refractivity contribution in [1.82, 2.24) is 10.2 Å². The summed E-state index contributed by atoms with van der Waals surface area (Å²) >= 11 is 0. The van der Waals surface area contributed by atoms with E-state index in [2.05, 4.69) is 22.9 Å². The molecule has 4 rings (SSSR count). The van der Waals surface area contributed by atoms with E-state index >= 15 is 0 Å². The molecule has 0 bridgehead atoms. The van der Waals surface area contributed by atoms with E-state index in [1.807, 2.05) is 6.92 Å². The van der Waals surface area contributed by atoms with E-state index in [1.165, 1.54) is 0 Å². The summed E-state index contributed by atoms with van der Waals surface area (Å²) in [5, 5.41) is 9.02. The van der Waals surface area contributed by atoms with Gasteiger partial charge in [0.1, 0.15) is 12.4 Å². The molecular weight excluding hydrogens is 452 g/mol. The smallest absolute Gasteiger partial charge is 0.323 e. The predicted molar refractivity (Wildman–Crippen MR) is 132 cm³/mol. The van der Waals surface area contributed by atoms with Gasteiger partial charge in [-0.3, -0.25) is 4.79 Å². The van der Waals surface area contributed by atoms with Crippen LogP contribution in [0.25, 0.3) is 0 Å². The van der Waals surface area contributed by atoms with Crippen molar-refractivity contribution < 1.29 is 28.5 Å². The molecule has 188 valence electrons. The number of ether oxygens (including phenoxy) is 4. The first kappa shape index (κ1) is 24.6. The lowest BCUT2D eigenvalue weighted by atomic mass is 10.0. The zero-order valence-corrected chi connectivity index (χ0v) is 20.4. The van der Waals surface area contributed by atoms with Crippen LogP contribution in [0.3, 0.4) is 0 Å². The van der Waals surface area contributed by atoms with E-state index in [0.29, 0.717) is 47.3 Å². The molecule has 0 aliphatic carbocycles. The number of rotatable bonds is 3. The van der Waals surface area contributed by atoms with E-state index in [-0.39, 0.29) is 30.8 Å². The van der Waals surface area contributed by atoms with Gasteiger partial charge in [0, 0.05) is 56.8 Å². The lowest BCUT2D eigenvalue weighted by molar-refractivity contribution is 0.0281. The maximum Gasteiger partial charge on any atom is 0.323 e. The topological polar surface area (TPSA) is 110 Å². The zero-order valence-electron chi connectivity index (χ0n) is 20.4. The van der Waals surface area contributed by atoms with Gasteiger partial charge >= 0.3 is 6.03 Å². The van der Waals surface area contributed by atoms with Gasteiger partial charge in [-0.25, -0.2) is 4.79 Å². The van der Waals surface area contributed by atoms with Gasteiger partial charge < -0.3 is 39.8 Å². The number of nitrogens with zero attached hydrogens (tertiary/aromatic N) is 1. The standard InChI is InChI=1S/C25H32N4O6/c1-15-11-26-16(2)13-33-21-9-17(5-7-19(21)24(30)29(3)12-23(15)32-4)27-25(31)28-18-6-8-20-22(10-18)35-14-34-20/h5-10,15-16,23,26H,11-14H2,1-4H3,(H2,27,28,31)/t15-,16-,23+/m0/s1. The zero-order chi connectivity index (χ0) is 24.9. The molecule has 10 heteroatoms. The number of hydrogen-bond acceptors (Lipinski definition) is 7.